The van der Waals surface area contributed by atoms with Gasteiger partial charge in [0.2, 0.25) is 0 Å². The van der Waals surface area contributed by atoms with Gasteiger partial charge < -0.3 is 6.92 Å². The predicted octanol–water partition coefficient (Wildman–Crippen LogP) is 6.36. The van der Waals surface area contributed by atoms with Crippen LogP contribution in [0.4, 0.5) is 0 Å². The minimum atomic E-state index is 1.12. The van der Waals surface area contributed by atoms with Crippen molar-refractivity contribution < 1.29 is 16.3 Å². The maximum absolute atomic E-state index is 3.86. The van der Waals surface area contributed by atoms with Gasteiger partial charge in [-0.25, -0.2) is 0 Å². The van der Waals surface area contributed by atoms with Crippen molar-refractivity contribution in [3.05, 3.63) is 6.92 Å². The zero-order valence-corrected chi connectivity index (χ0v) is 15.8. The van der Waals surface area contributed by atoms with Gasteiger partial charge in [-0.1, -0.05) is 77.6 Å². The Balaban J connectivity index is 0. The Labute approximate surface area is 120 Å². The zero-order chi connectivity index (χ0) is 12.5. The molecule has 94 valence electrons. The van der Waals surface area contributed by atoms with Gasteiger partial charge in [-0.15, -0.1) is 0 Å². The molecule has 0 bridgehead atoms. The average Bonchev–Trinajstić information content (AvgIpc) is 2.34. The van der Waals surface area contributed by atoms with E-state index in [4.69, 9.17) is 0 Å². The molecule has 0 saturated carbocycles. The molecule has 0 aromatic carbocycles. The third-order valence-corrected chi connectivity index (χ3v) is 2.85. The molecule has 0 fully saturated rings. The summed E-state index contributed by atoms with van der Waals surface area (Å²) in [5.74, 6) is 0. The van der Waals surface area contributed by atoms with Gasteiger partial charge in [-0.2, -0.15) is 6.42 Å². The predicted molar refractivity (Wildman–Crippen MR) is 75.4 cm³/mol. The van der Waals surface area contributed by atoms with E-state index < -0.39 is 0 Å². The van der Waals surface area contributed by atoms with Gasteiger partial charge >= 0.3 is 30.0 Å². The molecule has 0 radical (unpaired) electrons. The molecule has 0 N–H and O–H groups in total. The summed E-state index contributed by atoms with van der Waals surface area (Å²) in [6.07, 6.45) is 16.9. The van der Waals surface area contributed by atoms with E-state index in [1.165, 1.54) is 87.0 Å². The summed E-state index contributed by atoms with van der Waals surface area (Å²) in [5, 5.41) is 0. The summed E-state index contributed by atoms with van der Waals surface area (Å²) in [7, 11) is 0. The zero-order valence-electron chi connectivity index (χ0n) is 11.3. The first-order valence-corrected chi connectivity index (χ1v) is 13.9. The Bertz CT molecular complexity index is 84.7. The fourth-order valence-corrected chi connectivity index (χ4v) is 1.84. The molecular weight excluding hydrogens is 313 g/mol. The van der Waals surface area contributed by atoms with Gasteiger partial charge in [0, 0.05) is 0 Å². The topological polar surface area (TPSA) is 0 Å². The number of unbranched alkanes of at least 4 members (excludes halogenated alkanes) is 11. The number of hydrogen-bond donors (Lipinski definition) is 0. The van der Waals surface area contributed by atoms with Crippen LogP contribution in [0, 0.1) is 6.92 Å². The maximum atomic E-state index is 3.86. The Hall–Kier alpha value is 1.10. The van der Waals surface area contributed by atoms with E-state index in [0.717, 1.165) is 6.42 Å². The van der Waals surface area contributed by atoms with Crippen LogP contribution in [-0.2, 0) is 16.3 Å². The second-order valence-electron chi connectivity index (χ2n) is 4.39. The van der Waals surface area contributed by atoms with Crippen LogP contribution in [0.2, 0.25) is 0 Å². The van der Waals surface area contributed by atoms with Crippen molar-refractivity contribution in [2.45, 2.75) is 84.0 Å². The van der Waals surface area contributed by atoms with Crippen LogP contribution in [0.1, 0.15) is 84.0 Å². The molecule has 0 saturated heterocycles. The number of halogens is 1. The molecule has 0 aromatic heterocycles. The fraction of sp³-hybridized carbons (Fsp3) is 0.929. The molecule has 0 rings (SSSR count). The van der Waals surface area contributed by atoms with Crippen molar-refractivity contribution in [1.82, 2.24) is 0 Å². The van der Waals surface area contributed by atoms with Gasteiger partial charge in [0.05, 0.1) is 0 Å². The molecule has 16 heavy (non-hydrogen) atoms. The van der Waals surface area contributed by atoms with Gasteiger partial charge in [0.1, 0.15) is 0 Å². The van der Waals surface area contributed by atoms with Crippen molar-refractivity contribution in [2.75, 3.05) is 0 Å². The van der Waals surface area contributed by atoms with Crippen molar-refractivity contribution in [1.29, 1.82) is 0 Å². The third kappa shape index (κ3) is 20.5. The van der Waals surface area contributed by atoms with E-state index in [1.807, 2.05) is 0 Å². The van der Waals surface area contributed by atoms with Crippen LogP contribution in [-0.4, -0.2) is 0 Å². The summed E-state index contributed by atoms with van der Waals surface area (Å²) >= 11 is 4.25. The monoisotopic (exact) mass is 340 g/mol. The Kier molecular flexibility index (Phi) is 26.0. The van der Waals surface area contributed by atoms with E-state index in [1.54, 1.807) is 0 Å². The van der Waals surface area contributed by atoms with Crippen LogP contribution >= 0.6 is 13.6 Å². The van der Waals surface area contributed by atoms with Crippen LogP contribution < -0.4 is 0 Å². The van der Waals surface area contributed by atoms with E-state index in [0.29, 0.717) is 0 Å². The van der Waals surface area contributed by atoms with Crippen molar-refractivity contribution in [3.8, 4) is 0 Å². The fourth-order valence-electron chi connectivity index (χ4n) is 1.84. The standard InChI is InChI=1S/C14H29.BrH.Zn/c1-3-5-7-9-11-13-14-12-10-8-6-4-2;;/h1,3-14H2,2H3;1H;/q-1;;+2/p-1. The SMILES string of the molecule is [CH2-]CCCCCCCCCCCCC.[Zn+][Br]. The molecule has 0 atom stereocenters. The molecule has 0 spiro atoms. The first-order chi connectivity index (χ1) is 7.91. The van der Waals surface area contributed by atoms with Crippen LogP contribution in [0.5, 0.6) is 0 Å². The van der Waals surface area contributed by atoms with Crippen LogP contribution in [0.25, 0.3) is 0 Å². The van der Waals surface area contributed by atoms with Gasteiger partial charge in [0.15, 0.2) is 0 Å². The molecule has 2 heteroatoms. The molecule has 0 amide bonds. The molecule has 0 aromatic rings. The first kappa shape index (κ1) is 19.4. The normalized spacial score (nSPS) is 9.81. The van der Waals surface area contributed by atoms with E-state index in [2.05, 4.69) is 27.5 Å². The summed E-state index contributed by atoms with van der Waals surface area (Å²) < 4.78 is 0. The Morgan fingerprint density at radius 2 is 1.00 bits per heavy atom. The third-order valence-electron chi connectivity index (χ3n) is 2.85. The minimum absolute atomic E-state index is 1.12. The summed E-state index contributed by atoms with van der Waals surface area (Å²) in [6, 6.07) is 0. The molecule has 0 aliphatic rings. The van der Waals surface area contributed by atoms with Crippen LogP contribution in [0.15, 0.2) is 0 Å². The number of rotatable bonds is 11. The molecule has 0 aliphatic heterocycles. The molecule has 0 aliphatic carbocycles. The second-order valence-corrected chi connectivity index (χ2v) is 4.39. The quantitative estimate of drug-likeness (QED) is 0.233. The van der Waals surface area contributed by atoms with Gasteiger partial charge in [-0.05, 0) is 0 Å². The van der Waals surface area contributed by atoms with Crippen molar-refractivity contribution in [2.24, 2.45) is 0 Å². The summed E-state index contributed by atoms with van der Waals surface area (Å²) in [4.78, 5) is 0. The Morgan fingerprint density at radius 1 is 0.688 bits per heavy atom. The van der Waals surface area contributed by atoms with E-state index in [-0.39, 0.29) is 0 Å². The summed E-state index contributed by atoms with van der Waals surface area (Å²) in [6.45, 7) is 6.14. The Morgan fingerprint density at radius 3 is 1.31 bits per heavy atom. The summed E-state index contributed by atoms with van der Waals surface area (Å²) in [5.41, 5.74) is 0. The van der Waals surface area contributed by atoms with E-state index in [9.17, 15) is 0 Å². The van der Waals surface area contributed by atoms with Gasteiger partial charge in [0.25, 0.3) is 0 Å². The number of hydrogen-bond acceptors (Lipinski definition) is 0. The molecular formula is C14H29BrZn. The molecule has 0 unspecified atom stereocenters. The van der Waals surface area contributed by atoms with Gasteiger partial charge in [-0.3, -0.25) is 0 Å². The second kappa shape index (κ2) is 21.4. The van der Waals surface area contributed by atoms with Crippen molar-refractivity contribution in [3.63, 3.8) is 0 Å². The molecule has 0 heterocycles. The average molecular weight is 343 g/mol. The first-order valence-electron chi connectivity index (χ1n) is 6.97. The van der Waals surface area contributed by atoms with Crippen LogP contribution in [0.3, 0.4) is 0 Å². The van der Waals surface area contributed by atoms with Crippen molar-refractivity contribution >= 4 is 13.6 Å². The van der Waals surface area contributed by atoms with E-state index >= 15 is 0 Å². The molecule has 0 nitrogen and oxygen atoms in total.